The quantitative estimate of drug-likeness (QED) is 0.466. The highest BCUT2D eigenvalue weighted by molar-refractivity contribution is 5.81. The zero-order chi connectivity index (χ0) is 23.4. The number of hydrogen-bond donors (Lipinski definition) is 0. The van der Waals surface area contributed by atoms with Crippen molar-refractivity contribution in [3.8, 4) is 0 Å². The van der Waals surface area contributed by atoms with E-state index in [1.165, 1.54) is 17.0 Å². The lowest BCUT2D eigenvalue weighted by Gasteiger charge is -2.21. The fourth-order valence-electron chi connectivity index (χ4n) is 3.83. The van der Waals surface area contributed by atoms with Crippen molar-refractivity contribution in [3.63, 3.8) is 0 Å². The van der Waals surface area contributed by atoms with Gasteiger partial charge in [0.05, 0.1) is 17.3 Å². The molecular formula is C25H26FN3O4. The summed E-state index contributed by atoms with van der Waals surface area (Å²) in [5.41, 5.74) is 1.18. The molecule has 0 bridgehead atoms. The number of halogens is 1. The average molecular weight is 451 g/mol. The van der Waals surface area contributed by atoms with Gasteiger partial charge in [-0.05, 0) is 49.6 Å². The average Bonchev–Trinajstić information content (AvgIpc) is 3.65. The van der Waals surface area contributed by atoms with Gasteiger partial charge in [-0.1, -0.05) is 24.3 Å². The smallest absolute Gasteiger partial charge is 0.306 e. The Morgan fingerprint density at radius 2 is 1.97 bits per heavy atom. The van der Waals surface area contributed by atoms with Crippen LogP contribution >= 0.6 is 0 Å². The number of nitrogens with zero attached hydrogens (tertiary/aromatic N) is 3. The first-order valence-corrected chi connectivity index (χ1v) is 11.1. The standard InChI is InChI=1S/C25H26FN3O4/c1-2-28(15-17-6-5-7-18(26)14-17)23(30)16-33-24(31)13-12-22-27-21-9-4-3-8-20(21)25(32)29(22)19-10-11-19/h3-9,14,19H,2,10-13,15-16H2,1H3. The van der Waals surface area contributed by atoms with Crippen molar-refractivity contribution < 1.29 is 18.7 Å². The number of esters is 1. The lowest BCUT2D eigenvalue weighted by molar-refractivity contribution is -0.152. The number of fused-ring (bicyclic) bond motifs is 1. The van der Waals surface area contributed by atoms with E-state index in [4.69, 9.17) is 4.74 Å². The molecule has 4 rings (SSSR count). The number of aromatic nitrogens is 2. The topological polar surface area (TPSA) is 81.5 Å². The minimum Gasteiger partial charge on any atom is -0.456 e. The van der Waals surface area contributed by atoms with Crippen molar-refractivity contribution in [2.45, 2.75) is 45.2 Å². The Bertz CT molecular complexity index is 1240. The number of carbonyl (C=O) groups excluding carboxylic acids is 2. The number of hydrogen-bond acceptors (Lipinski definition) is 5. The van der Waals surface area contributed by atoms with Gasteiger partial charge in [-0.3, -0.25) is 19.0 Å². The minimum atomic E-state index is -0.532. The highest BCUT2D eigenvalue weighted by Crippen LogP contribution is 2.34. The number of benzene rings is 2. The first kappa shape index (κ1) is 22.6. The van der Waals surface area contributed by atoms with Gasteiger partial charge in [0, 0.05) is 25.6 Å². The second-order valence-electron chi connectivity index (χ2n) is 8.15. The van der Waals surface area contributed by atoms with Crippen LogP contribution in [0.25, 0.3) is 10.9 Å². The predicted octanol–water partition coefficient (Wildman–Crippen LogP) is 3.40. The zero-order valence-corrected chi connectivity index (χ0v) is 18.5. The molecule has 0 aliphatic heterocycles. The summed E-state index contributed by atoms with van der Waals surface area (Å²) in [6, 6.07) is 13.3. The van der Waals surface area contributed by atoms with Gasteiger partial charge < -0.3 is 9.64 Å². The van der Waals surface area contributed by atoms with E-state index >= 15 is 0 Å². The van der Waals surface area contributed by atoms with E-state index in [0.717, 1.165) is 12.8 Å². The van der Waals surface area contributed by atoms with Crippen molar-refractivity contribution >= 4 is 22.8 Å². The molecule has 172 valence electrons. The van der Waals surface area contributed by atoms with Gasteiger partial charge in [0.15, 0.2) is 6.61 Å². The molecule has 7 nitrogen and oxygen atoms in total. The van der Waals surface area contributed by atoms with E-state index in [2.05, 4.69) is 4.98 Å². The summed E-state index contributed by atoms with van der Waals surface area (Å²) in [5.74, 6) is -0.691. The summed E-state index contributed by atoms with van der Waals surface area (Å²) < 4.78 is 20.3. The first-order chi connectivity index (χ1) is 16.0. The van der Waals surface area contributed by atoms with E-state index in [1.807, 2.05) is 19.1 Å². The van der Waals surface area contributed by atoms with Crippen LogP contribution in [0.4, 0.5) is 4.39 Å². The normalized spacial score (nSPS) is 13.2. The Morgan fingerprint density at radius 3 is 2.70 bits per heavy atom. The number of likely N-dealkylation sites (N-methyl/N-ethyl adjacent to an activating group) is 1. The Kier molecular flexibility index (Phi) is 6.82. The maximum absolute atomic E-state index is 13.4. The largest absolute Gasteiger partial charge is 0.456 e. The lowest BCUT2D eigenvalue weighted by Crippen LogP contribution is -2.34. The molecule has 1 aliphatic carbocycles. The predicted molar refractivity (Wildman–Crippen MR) is 121 cm³/mol. The second kappa shape index (κ2) is 9.94. The molecule has 1 saturated carbocycles. The summed E-state index contributed by atoms with van der Waals surface area (Å²) in [7, 11) is 0. The summed E-state index contributed by atoms with van der Waals surface area (Å²) >= 11 is 0. The maximum atomic E-state index is 13.4. The molecule has 0 radical (unpaired) electrons. The molecule has 8 heteroatoms. The molecule has 1 fully saturated rings. The van der Waals surface area contributed by atoms with Gasteiger partial charge in [-0.25, -0.2) is 9.37 Å². The van der Waals surface area contributed by atoms with Crippen LogP contribution in [0, 0.1) is 5.82 Å². The molecule has 1 aliphatic rings. The molecule has 0 N–H and O–H groups in total. The second-order valence-corrected chi connectivity index (χ2v) is 8.15. The maximum Gasteiger partial charge on any atom is 0.306 e. The van der Waals surface area contributed by atoms with Gasteiger partial charge in [0.2, 0.25) is 0 Å². The van der Waals surface area contributed by atoms with Crippen LogP contribution < -0.4 is 5.56 Å². The molecule has 0 unspecified atom stereocenters. The third kappa shape index (κ3) is 5.45. The van der Waals surface area contributed by atoms with Crippen LogP contribution in [0.3, 0.4) is 0 Å². The van der Waals surface area contributed by atoms with Crippen LogP contribution in [0.2, 0.25) is 0 Å². The van der Waals surface area contributed by atoms with E-state index in [1.54, 1.807) is 28.8 Å². The Labute approximate surface area is 190 Å². The van der Waals surface area contributed by atoms with Crippen LogP contribution in [-0.4, -0.2) is 39.5 Å². The van der Waals surface area contributed by atoms with Crippen molar-refractivity contribution in [1.29, 1.82) is 0 Å². The third-order valence-corrected chi connectivity index (χ3v) is 5.70. The SMILES string of the molecule is CCN(Cc1cccc(F)c1)C(=O)COC(=O)CCc1nc2ccccc2c(=O)n1C1CC1. The summed E-state index contributed by atoms with van der Waals surface area (Å²) in [6.07, 6.45) is 2.11. The van der Waals surface area contributed by atoms with E-state index in [-0.39, 0.29) is 49.3 Å². The van der Waals surface area contributed by atoms with E-state index in [9.17, 15) is 18.8 Å². The zero-order valence-electron chi connectivity index (χ0n) is 18.5. The minimum absolute atomic E-state index is 0.0147. The highest BCUT2D eigenvalue weighted by Gasteiger charge is 2.28. The Hall–Kier alpha value is -3.55. The summed E-state index contributed by atoms with van der Waals surface area (Å²) in [5, 5.41) is 0.569. The summed E-state index contributed by atoms with van der Waals surface area (Å²) in [6.45, 7) is 2.06. The van der Waals surface area contributed by atoms with Gasteiger partial charge >= 0.3 is 5.97 Å². The molecule has 0 atom stereocenters. The van der Waals surface area contributed by atoms with Crippen LogP contribution in [0.5, 0.6) is 0 Å². The molecule has 1 heterocycles. The van der Waals surface area contributed by atoms with Crippen molar-refractivity contribution in [1.82, 2.24) is 14.5 Å². The summed E-state index contributed by atoms with van der Waals surface area (Å²) in [4.78, 5) is 43.8. The fourth-order valence-corrected chi connectivity index (χ4v) is 3.83. The molecule has 3 aromatic rings. The van der Waals surface area contributed by atoms with Gasteiger partial charge in [0.25, 0.3) is 11.5 Å². The number of ether oxygens (including phenoxy) is 1. The van der Waals surface area contributed by atoms with E-state index in [0.29, 0.717) is 28.8 Å². The lowest BCUT2D eigenvalue weighted by atomic mass is 10.2. The molecule has 1 aromatic heterocycles. The highest BCUT2D eigenvalue weighted by atomic mass is 19.1. The molecule has 0 saturated heterocycles. The first-order valence-electron chi connectivity index (χ1n) is 11.1. The van der Waals surface area contributed by atoms with Crippen LogP contribution in [0.15, 0.2) is 53.3 Å². The number of carbonyl (C=O) groups is 2. The number of amides is 1. The third-order valence-electron chi connectivity index (χ3n) is 5.70. The number of aryl methyl sites for hydroxylation is 1. The molecule has 33 heavy (non-hydrogen) atoms. The monoisotopic (exact) mass is 451 g/mol. The fraction of sp³-hybridized carbons (Fsp3) is 0.360. The molecular weight excluding hydrogens is 425 g/mol. The Balaban J connectivity index is 1.36. The van der Waals surface area contributed by atoms with Crippen LogP contribution in [0.1, 0.15) is 43.6 Å². The van der Waals surface area contributed by atoms with Crippen molar-refractivity contribution in [2.75, 3.05) is 13.2 Å². The Morgan fingerprint density at radius 1 is 1.18 bits per heavy atom. The van der Waals surface area contributed by atoms with Crippen molar-refractivity contribution in [3.05, 3.63) is 76.1 Å². The molecule has 2 aromatic carbocycles. The van der Waals surface area contributed by atoms with Crippen LogP contribution in [-0.2, 0) is 27.3 Å². The van der Waals surface area contributed by atoms with Gasteiger partial charge in [-0.15, -0.1) is 0 Å². The molecule has 0 spiro atoms. The van der Waals surface area contributed by atoms with Crippen molar-refractivity contribution in [2.24, 2.45) is 0 Å². The van der Waals surface area contributed by atoms with E-state index < -0.39 is 5.97 Å². The van der Waals surface area contributed by atoms with Gasteiger partial charge in [-0.2, -0.15) is 0 Å². The number of para-hydroxylation sites is 1. The molecule has 1 amide bonds. The number of rotatable bonds is 9. The van der Waals surface area contributed by atoms with Gasteiger partial charge in [0.1, 0.15) is 11.6 Å².